The number of carbonyl (C=O) groups is 2. The van der Waals surface area contributed by atoms with E-state index in [1.807, 2.05) is 30.3 Å². The molecule has 1 amide bonds. The molecule has 2 N–H and O–H groups in total. The smallest absolute Gasteiger partial charge is 0.348 e. The SMILES string of the molecule is COC(=O)c1cc2nccc(Oc3ccc(NC(=S)NC(=O)Cc4ccccc4)cc3F)c2s1. The molecule has 34 heavy (non-hydrogen) atoms. The van der Waals surface area contributed by atoms with Gasteiger partial charge in [-0.1, -0.05) is 30.3 Å². The number of rotatable bonds is 6. The summed E-state index contributed by atoms with van der Waals surface area (Å²) < 4.78 is 25.8. The molecule has 0 aliphatic carbocycles. The first kappa shape index (κ1) is 23.3. The number of thiocarbonyl (C=S) groups is 1. The first-order chi connectivity index (χ1) is 16.4. The lowest BCUT2D eigenvalue weighted by atomic mass is 10.1. The Kier molecular flexibility index (Phi) is 7.09. The maximum atomic E-state index is 14.7. The predicted octanol–water partition coefficient (Wildman–Crippen LogP) is 5.07. The number of methoxy groups -OCH3 is 1. The minimum atomic E-state index is -0.641. The average Bonchev–Trinajstić information content (AvgIpc) is 3.26. The van der Waals surface area contributed by atoms with Crippen LogP contribution in [0.5, 0.6) is 11.5 Å². The number of halogens is 1. The molecular weight excluding hydrogens is 477 g/mol. The predicted molar refractivity (Wildman–Crippen MR) is 132 cm³/mol. The zero-order valence-electron chi connectivity index (χ0n) is 17.8. The van der Waals surface area contributed by atoms with E-state index in [1.165, 1.54) is 25.4 Å². The fourth-order valence-corrected chi connectivity index (χ4v) is 4.31. The molecule has 0 fully saturated rings. The van der Waals surface area contributed by atoms with Gasteiger partial charge >= 0.3 is 5.97 Å². The second kappa shape index (κ2) is 10.4. The van der Waals surface area contributed by atoms with E-state index >= 15 is 0 Å². The van der Waals surface area contributed by atoms with Crippen LogP contribution in [0.1, 0.15) is 15.2 Å². The number of carbonyl (C=O) groups excluding carboxylic acids is 2. The number of esters is 1. The Morgan fingerprint density at radius 1 is 1.09 bits per heavy atom. The Morgan fingerprint density at radius 2 is 1.88 bits per heavy atom. The van der Waals surface area contributed by atoms with E-state index in [0.717, 1.165) is 16.9 Å². The molecule has 0 bridgehead atoms. The van der Waals surface area contributed by atoms with Crippen LogP contribution in [0.4, 0.5) is 10.1 Å². The van der Waals surface area contributed by atoms with Gasteiger partial charge in [-0.3, -0.25) is 9.78 Å². The van der Waals surface area contributed by atoms with Crippen molar-refractivity contribution < 1.29 is 23.5 Å². The van der Waals surface area contributed by atoms with Crippen molar-refractivity contribution in [2.45, 2.75) is 6.42 Å². The molecular formula is C24H18FN3O4S2. The lowest BCUT2D eigenvalue weighted by Crippen LogP contribution is -2.35. The number of anilines is 1. The topological polar surface area (TPSA) is 89.6 Å². The molecule has 0 radical (unpaired) electrons. The summed E-state index contributed by atoms with van der Waals surface area (Å²) in [5.41, 5.74) is 1.74. The van der Waals surface area contributed by atoms with Gasteiger partial charge in [0.05, 0.1) is 23.7 Å². The van der Waals surface area contributed by atoms with Gasteiger partial charge in [0.1, 0.15) is 10.6 Å². The van der Waals surface area contributed by atoms with Gasteiger partial charge in [0.25, 0.3) is 0 Å². The summed E-state index contributed by atoms with van der Waals surface area (Å²) >= 11 is 6.30. The fourth-order valence-electron chi connectivity index (χ4n) is 3.09. The van der Waals surface area contributed by atoms with Crippen LogP contribution in [0.3, 0.4) is 0 Å². The van der Waals surface area contributed by atoms with E-state index in [2.05, 4.69) is 15.6 Å². The van der Waals surface area contributed by atoms with Crippen LogP contribution in [0, 0.1) is 5.82 Å². The Labute approximate surface area is 203 Å². The lowest BCUT2D eigenvalue weighted by Gasteiger charge is -2.12. The average molecular weight is 496 g/mol. The molecule has 2 aromatic carbocycles. The number of pyridine rings is 1. The highest BCUT2D eigenvalue weighted by Gasteiger charge is 2.16. The van der Waals surface area contributed by atoms with Crippen molar-refractivity contribution in [3.8, 4) is 11.5 Å². The van der Waals surface area contributed by atoms with E-state index in [-0.39, 0.29) is 23.2 Å². The van der Waals surface area contributed by atoms with Crippen LogP contribution in [0.25, 0.3) is 10.2 Å². The van der Waals surface area contributed by atoms with Crippen molar-refractivity contribution >= 4 is 56.4 Å². The van der Waals surface area contributed by atoms with Gasteiger partial charge in [0.15, 0.2) is 16.7 Å². The number of thiophene rings is 1. The molecule has 0 spiro atoms. The maximum absolute atomic E-state index is 14.7. The molecule has 2 heterocycles. The molecule has 10 heteroatoms. The van der Waals surface area contributed by atoms with Crippen LogP contribution in [-0.2, 0) is 16.0 Å². The van der Waals surface area contributed by atoms with E-state index in [0.29, 0.717) is 26.5 Å². The van der Waals surface area contributed by atoms with Gasteiger partial charge in [-0.2, -0.15) is 0 Å². The number of fused-ring (bicyclic) bond motifs is 1. The van der Waals surface area contributed by atoms with Crippen molar-refractivity contribution in [3.05, 3.63) is 83.1 Å². The monoisotopic (exact) mass is 495 g/mol. The molecule has 0 aliphatic rings. The van der Waals surface area contributed by atoms with Crippen LogP contribution < -0.4 is 15.4 Å². The van der Waals surface area contributed by atoms with E-state index < -0.39 is 11.8 Å². The number of benzene rings is 2. The molecule has 4 rings (SSSR count). The number of amides is 1. The summed E-state index contributed by atoms with van der Waals surface area (Å²) in [5, 5.41) is 5.41. The maximum Gasteiger partial charge on any atom is 0.348 e. The van der Waals surface area contributed by atoms with Gasteiger partial charge in [0.2, 0.25) is 5.91 Å². The molecule has 4 aromatic rings. The summed E-state index contributed by atoms with van der Waals surface area (Å²) in [6.07, 6.45) is 1.68. The van der Waals surface area contributed by atoms with E-state index in [1.54, 1.807) is 18.2 Å². The van der Waals surface area contributed by atoms with Crippen LogP contribution in [0.15, 0.2) is 66.9 Å². The highest BCUT2D eigenvalue weighted by atomic mass is 32.1. The lowest BCUT2D eigenvalue weighted by molar-refractivity contribution is -0.119. The number of nitrogens with one attached hydrogen (secondary N) is 2. The summed E-state index contributed by atoms with van der Waals surface area (Å²) in [4.78, 5) is 28.5. The van der Waals surface area contributed by atoms with Crippen molar-refractivity contribution in [2.24, 2.45) is 0 Å². The summed E-state index contributed by atoms with van der Waals surface area (Å²) in [7, 11) is 1.29. The third-order valence-corrected chi connectivity index (χ3v) is 5.96. The Bertz CT molecular complexity index is 1380. The molecule has 0 unspecified atom stereocenters. The van der Waals surface area contributed by atoms with Gasteiger partial charge < -0.3 is 20.1 Å². The molecule has 7 nitrogen and oxygen atoms in total. The molecule has 0 saturated carbocycles. The molecule has 0 saturated heterocycles. The minimum absolute atomic E-state index is 0.0231. The van der Waals surface area contributed by atoms with Crippen LogP contribution in [0.2, 0.25) is 0 Å². The number of ether oxygens (including phenoxy) is 2. The van der Waals surface area contributed by atoms with E-state index in [4.69, 9.17) is 21.7 Å². The summed E-state index contributed by atoms with van der Waals surface area (Å²) in [6, 6.07) is 16.6. The third-order valence-electron chi connectivity index (χ3n) is 4.63. The second-order valence-corrected chi connectivity index (χ2v) is 8.50. The first-order valence-electron chi connectivity index (χ1n) is 10.0. The first-order valence-corrected chi connectivity index (χ1v) is 11.2. The number of aromatic nitrogens is 1. The quantitative estimate of drug-likeness (QED) is 0.285. The Morgan fingerprint density at radius 3 is 2.62 bits per heavy atom. The molecule has 2 aromatic heterocycles. The number of hydrogen-bond donors (Lipinski definition) is 2. The Hall–Kier alpha value is -3.89. The zero-order chi connectivity index (χ0) is 24.1. The van der Waals surface area contributed by atoms with Gasteiger partial charge in [-0.15, -0.1) is 11.3 Å². The normalized spacial score (nSPS) is 10.5. The molecule has 172 valence electrons. The number of nitrogens with zero attached hydrogens (tertiary/aromatic N) is 1. The highest BCUT2D eigenvalue weighted by Crippen LogP contribution is 2.36. The van der Waals surface area contributed by atoms with Gasteiger partial charge in [0, 0.05) is 24.0 Å². The molecule has 0 atom stereocenters. The minimum Gasteiger partial charge on any atom is -0.465 e. The van der Waals surface area contributed by atoms with Crippen molar-refractivity contribution in [1.29, 1.82) is 0 Å². The van der Waals surface area contributed by atoms with E-state index in [9.17, 15) is 14.0 Å². The van der Waals surface area contributed by atoms with Crippen LogP contribution in [-0.4, -0.2) is 29.1 Å². The summed E-state index contributed by atoms with van der Waals surface area (Å²) in [6.45, 7) is 0. The van der Waals surface area contributed by atoms with Crippen molar-refractivity contribution in [3.63, 3.8) is 0 Å². The fraction of sp³-hybridized carbons (Fsp3) is 0.0833. The number of hydrogen-bond acceptors (Lipinski definition) is 7. The van der Waals surface area contributed by atoms with Gasteiger partial charge in [-0.05, 0) is 36.0 Å². The standard InChI is InChI=1S/C24H18FN3O4S2/c1-31-23(30)20-13-17-22(34-20)19(9-10-26-17)32-18-8-7-15(12-16(18)25)27-24(33)28-21(29)11-14-5-3-2-4-6-14/h2-10,12-13H,11H2,1H3,(H2,27,28,29,33). The van der Waals surface area contributed by atoms with Gasteiger partial charge in [-0.25, -0.2) is 9.18 Å². The van der Waals surface area contributed by atoms with Crippen molar-refractivity contribution in [1.82, 2.24) is 10.3 Å². The molecule has 0 aliphatic heterocycles. The second-order valence-electron chi connectivity index (χ2n) is 7.04. The van der Waals surface area contributed by atoms with Crippen molar-refractivity contribution in [2.75, 3.05) is 12.4 Å². The van der Waals surface area contributed by atoms with Crippen LogP contribution >= 0.6 is 23.6 Å². The largest absolute Gasteiger partial charge is 0.465 e. The Balaban J connectivity index is 1.42. The summed E-state index contributed by atoms with van der Waals surface area (Å²) in [5.74, 6) is -1.08. The highest BCUT2D eigenvalue weighted by molar-refractivity contribution is 7.80. The zero-order valence-corrected chi connectivity index (χ0v) is 19.5. The third kappa shape index (κ3) is 5.53.